The number of aryl methyl sites for hydroxylation is 1. The molecule has 1 aromatic carbocycles. The Morgan fingerprint density at radius 1 is 1.33 bits per heavy atom. The lowest BCUT2D eigenvalue weighted by molar-refractivity contribution is 0.537. The van der Waals surface area contributed by atoms with Crippen LogP contribution in [-0.2, 0) is 6.54 Å². The van der Waals surface area contributed by atoms with Crippen LogP contribution in [0.15, 0.2) is 22.7 Å². The van der Waals surface area contributed by atoms with Crippen molar-refractivity contribution >= 4 is 15.9 Å². The van der Waals surface area contributed by atoms with Crippen LogP contribution in [0.2, 0.25) is 0 Å². The summed E-state index contributed by atoms with van der Waals surface area (Å²) in [5.74, 6) is 0.780. The van der Waals surface area contributed by atoms with Gasteiger partial charge in [-0.1, -0.05) is 41.9 Å². The van der Waals surface area contributed by atoms with Crippen molar-refractivity contribution in [2.75, 3.05) is 6.54 Å². The molecule has 1 N–H and O–H groups in total. The van der Waals surface area contributed by atoms with Crippen molar-refractivity contribution in [1.82, 2.24) is 5.32 Å². The summed E-state index contributed by atoms with van der Waals surface area (Å²) in [7, 11) is 0. The molecule has 2 heteroatoms. The predicted octanol–water partition coefficient (Wildman–Crippen LogP) is 3.89. The summed E-state index contributed by atoms with van der Waals surface area (Å²) in [6.07, 6.45) is 1.24. The highest BCUT2D eigenvalue weighted by Gasteiger charge is 1.98. The van der Waals surface area contributed by atoms with E-state index in [1.54, 1.807) is 0 Å². The Bertz CT molecular complexity index is 307. The first-order valence-electron chi connectivity index (χ1n) is 5.55. The zero-order valence-corrected chi connectivity index (χ0v) is 11.4. The number of hydrogen-bond acceptors (Lipinski definition) is 1. The third-order valence-corrected chi connectivity index (χ3v) is 3.32. The largest absolute Gasteiger partial charge is 0.313 e. The van der Waals surface area contributed by atoms with Gasteiger partial charge in [-0.2, -0.15) is 0 Å². The first-order chi connectivity index (χ1) is 7.09. The summed E-state index contributed by atoms with van der Waals surface area (Å²) in [6.45, 7) is 8.68. The molecule has 1 aromatic rings. The van der Waals surface area contributed by atoms with E-state index in [2.05, 4.69) is 60.2 Å². The highest BCUT2D eigenvalue weighted by Crippen LogP contribution is 2.17. The molecule has 0 bridgehead atoms. The van der Waals surface area contributed by atoms with Gasteiger partial charge >= 0.3 is 0 Å². The number of hydrogen-bond donors (Lipinski definition) is 1. The average molecular weight is 270 g/mol. The molecule has 0 aliphatic heterocycles. The fraction of sp³-hybridized carbons (Fsp3) is 0.538. The van der Waals surface area contributed by atoms with Crippen LogP contribution in [0.3, 0.4) is 0 Å². The second-order valence-corrected chi connectivity index (χ2v) is 5.30. The molecule has 0 fully saturated rings. The van der Waals surface area contributed by atoms with Crippen LogP contribution in [0, 0.1) is 12.8 Å². The Balaban J connectivity index is 2.35. The summed E-state index contributed by atoms with van der Waals surface area (Å²) in [5, 5.41) is 3.46. The molecule has 0 unspecified atom stereocenters. The zero-order chi connectivity index (χ0) is 11.3. The molecular formula is C13H20BrN. The lowest BCUT2D eigenvalue weighted by Gasteiger charge is -2.08. The fourth-order valence-corrected chi connectivity index (χ4v) is 1.80. The van der Waals surface area contributed by atoms with Gasteiger partial charge in [0.25, 0.3) is 0 Å². The maximum atomic E-state index is 3.55. The van der Waals surface area contributed by atoms with Gasteiger partial charge in [0.05, 0.1) is 0 Å². The normalized spacial score (nSPS) is 11.0. The van der Waals surface area contributed by atoms with Crippen molar-refractivity contribution in [3.8, 4) is 0 Å². The minimum Gasteiger partial charge on any atom is -0.313 e. The van der Waals surface area contributed by atoms with Crippen LogP contribution in [-0.4, -0.2) is 6.54 Å². The topological polar surface area (TPSA) is 12.0 Å². The fourth-order valence-electron chi connectivity index (χ4n) is 1.37. The number of halogens is 1. The maximum Gasteiger partial charge on any atom is 0.0207 e. The van der Waals surface area contributed by atoms with Crippen molar-refractivity contribution in [3.63, 3.8) is 0 Å². The molecule has 15 heavy (non-hydrogen) atoms. The number of benzene rings is 1. The van der Waals surface area contributed by atoms with Crippen LogP contribution < -0.4 is 5.32 Å². The molecule has 84 valence electrons. The minimum absolute atomic E-state index is 0.780. The summed E-state index contributed by atoms with van der Waals surface area (Å²) < 4.78 is 1.20. The van der Waals surface area contributed by atoms with Gasteiger partial charge in [0, 0.05) is 11.0 Å². The molecule has 0 spiro atoms. The van der Waals surface area contributed by atoms with Crippen molar-refractivity contribution in [2.24, 2.45) is 5.92 Å². The van der Waals surface area contributed by atoms with Gasteiger partial charge in [-0.3, -0.25) is 0 Å². The average Bonchev–Trinajstić information content (AvgIpc) is 2.18. The molecule has 0 atom stereocenters. The lowest BCUT2D eigenvalue weighted by atomic mass is 10.1. The van der Waals surface area contributed by atoms with Gasteiger partial charge in [0.15, 0.2) is 0 Å². The Morgan fingerprint density at radius 3 is 2.67 bits per heavy atom. The van der Waals surface area contributed by atoms with Crippen molar-refractivity contribution in [2.45, 2.75) is 33.7 Å². The quantitative estimate of drug-likeness (QED) is 0.800. The molecule has 0 amide bonds. The molecular weight excluding hydrogens is 250 g/mol. The van der Waals surface area contributed by atoms with Crippen LogP contribution in [0.4, 0.5) is 0 Å². The van der Waals surface area contributed by atoms with Crippen molar-refractivity contribution < 1.29 is 0 Å². The number of nitrogens with one attached hydrogen (secondary N) is 1. The van der Waals surface area contributed by atoms with Gasteiger partial charge in [0.1, 0.15) is 0 Å². The molecule has 1 rings (SSSR count). The van der Waals surface area contributed by atoms with E-state index in [9.17, 15) is 0 Å². The molecule has 0 aromatic heterocycles. The van der Waals surface area contributed by atoms with E-state index < -0.39 is 0 Å². The third-order valence-electron chi connectivity index (χ3n) is 2.46. The van der Waals surface area contributed by atoms with E-state index >= 15 is 0 Å². The summed E-state index contributed by atoms with van der Waals surface area (Å²) in [5.41, 5.74) is 2.64. The van der Waals surface area contributed by atoms with Crippen molar-refractivity contribution in [1.29, 1.82) is 0 Å². The first-order valence-corrected chi connectivity index (χ1v) is 6.34. The molecule has 0 saturated heterocycles. The molecule has 0 heterocycles. The first kappa shape index (κ1) is 12.7. The van der Waals surface area contributed by atoms with E-state index in [0.29, 0.717) is 0 Å². The lowest BCUT2D eigenvalue weighted by Crippen LogP contribution is -2.16. The molecule has 1 nitrogen and oxygen atoms in total. The zero-order valence-electron chi connectivity index (χ0n) is 9.81. The van der Waals surface area contributed by atoms with E-state index in [1.807, 2.05) is 0 Å². The standard InChI is InChI=1S/C13H20BrN/c1-10(2)6-7-15-9-12-5-4-11(3)13(14)8-12/h4-5,8,10,15H,6-7,9H2,1-3H3. The molecule has 0 saturated carbocycles. The second-order valence-electron chi connectivity index (χ2n) is 4.44. The smallest absolute Gasteiger partial charge is 0.0207 e. The van der Waals surface area contributed by atoms with Crippen LogP contribution in [0.25, 0.3) is 0 Å². The summed E-state index contributed by atoms with van der Waals surface area (Å²) in [6, 6.07) is 6.53. The van der Waals surface area contributed by atoms with Gasteiger partial charge in [-0.15, -0.1) is 0 Å². The second kappa shape index (κ2) is 6.29. The van der Waals surface area contributed by atoms with E-state index in [1.165, 1.54) is 22.0 Å². The molecule has 0 aliphatic carbocycles. The SMILES string of the molecule is Cc1ccc(CNCCC(C)C)cc1Br. The maximum absolute atomic E-state index is 3.55. The highest BCUT2D eigenvalue weighted by atomic mass is 79.9. The van der Waals surface area contributed by atoms with Crippen LogP contribution >= 0.6 is 15.9 Å². The van der Waals surface area contributed by atoms with Gasteiger partial charge in [-0.05, 0) is 43.0 Å². The van der Waals surface area contributed by atoms with Gasteiger partial charge in [-0.25, -0.2) is 0 Å². The van der Waals surface area contributed by atoms with Gasteiger partial charge < -0.3 is 5.32 Å². The van der Waals surface area contributed by atoms with E-state index in [-0.39, 0.29) is 0 Å². The molecule has 0 radical (unpaired) electrons. The summed E-state index contributed by atoms with van der Waals surface area (Å²) >= 11 is 3.55. The van der Waals surface area contributed by atoms with E-state index in [4.69, 9.17) is 0 Å². The number of rotatable bonds is 5. The Hall–Kier alpha value is -0.340. The Labute approximate surface area is 101 Å². The van der Waals surface area contributed by atoms with Crippen LogP contribution in [0.5, 0.6) is 0 Å². The third kappa shape index (κ3) is 4.80. The van der Waals surface area contributed by atoms with E-state index in [0.717, 1.165) is 19.0 Å². The highest BCUT2D eigenvalue weighted by molar-refractivity contribution is 9.10. The predicted molar refractivity (Wildman–Crippen MR) is 70.0 cm³/mol. The minimum atomic E-state index is 0.780. The monoisotopic (exact) mass is 269 g/mol. The Kier molecular flexibility index (Phi) is 5.34. The van der Waals surface area contributed by atoms with Crippen LogP contribution in [0.1, 0.15) is 31.4 Å². The van der Waals surface area contributed by atoms with Gasteiger partial charge in [0.2, 0.25) is 0 Å². The summed E-state index contributed by atoms with van der Waals surface area (Å²) in [4.78, 5) is 0. The Morgan fingerprint density at radius 2 is 2.07 bits per heavy atom. The molecule has 0 aliphatic rings. The van der Waals surface area contributed by atoms with Crippen molar-refractivity contribution in [3.05, 3.63) is 33.8 Å².